The zero-order valence-corrected chi connectivity index (χ0v) is 9.55. The molecule has 14 heavy (non-hydrogen) atoms. The lowest BCUT2D eigenvalue weighted by molar-refractivity contribution is -0.129. The fraction of sp³-hybridized carbons (Fsp3) is 0.909. The van der Waals surface area contributed by atoms with Crippen molar-refractivity contribution in [2.45, 2.75) is 39.2 Å². The molecular formula is C11H22N2O. The molecule has 82 valence electrons. The molecule has 1 rings (SSSR count). The summed E-state index contributed by atoms with van der Waals surface area (Å²) in [6.07, 6.45) is 3.61. The fourth-order valence-corrected chi connectivity index (χ4v) is 1.35. The van der Waals surface area contributed by atoms with E-state index in [0.29, 0.717) is 18.5 Å². The molecule has 0 bridgehead atoms. The van der Waals surface area contributed by atoms with Crippen molar-refractivity contribution >= 4 is 5.91 Å². The Morgan fingerprint density at radius 3 is 2.71 bits per heavy atom. The predicted molar refractivity (Wildman–Crippen MR) is 58.1 cm³/mol. The minimum atomic E-state index is 0.220. The van der Waals surface area contributed by atoms with Gasteiger partial charge in [-0.3, -0.25) is 4.79 Å². The standard InChI is InChI=1S/C11H22N2O/c1-4-9(2)8-13(3)11(14)7-12-10-5-6-10/h9-10,12H,4-8H2,1-3H3. The maximum absolute atomic E-state index is 11.6. The Balaban J connectivity index is 2.13. The van der Waals surface area contributed by atoms with Crippen LogP contribution < -0.4 is 5.32 Å². The number of carbonyl (C=O) groups is 1. The zero-order chi connectivity index (χ0) is 10.6. The van der Waals surface area contributed by atoms with Gasteiger partial charge in [-0.2, -0.15) is 0 Å². The van der Waals surface area contributed by atoms with Gasteiger partial charge in [0.05, 0.1) is 6.54 Å². The second kappa shape index (κ2) is 5.35. The van der Waals surface area contributed by atoms with Crippen molar-refractivity contribution in [1.29, 1.82) is 0 Å². The first-order chi connectivity index (χ1) is 6.63. The molecule has 0 spiro atoms. The van der Waals surface area contributed by atoms with E-state index in [4.69, 9.17) is 0 Å². The summed E-state index contributed by atoms with van der Waals surface area (Å²) < 4.78 is 0. The zero-order valence-electron chi connectivity index (χ0n) is 9.55. The Kier molecular flexibility index (Phi) is 4.39. The van der Waals surface area contributed by atoms with Gasteiger partial charge in [0.15, 0.2) is 0 Å². The molecule has 1 unspecified atom stereocenters. The van der Waals surface area contributed by atoms with E-state index in [-0.39, 0.29) is 5.91 Å². The van der Waals surface area contributed by atoms with E-state index in [0.717, 1.165) is 13.0 Å². The number of rotatable bonds is 6. The molecule has 0 aromatic rings. The van der Waals surface area contributed by atoms with E-state index in [1.54, 1.807) is 0 Å². The van der Waals surface area contributed by atoms with Crippen LogP contribution in [0.4, 0.5) is 0 Å². The van der Waals surface area contributed by atoms with Crippen LogP contribution in [0.1, 0.15) is 33.1 Å². The Labute approximate surface area is 86.9 Å². The molecule has 3 heteroatoms. The third kappa shape index (κ3) is 4.09. The van der Waals surface area contributed by atoms with Crippen molar-refractivity contribution in [3.63, 3.8) is 0 Å². The van der Waals surface area contributed by atoms with Crippen LogP contribution in [0, 0.1) is 5.92 Å². The molecule has 1 N–H and O–H groups in total. The van der Waals surface area contributed by atoms with Crippen molar-refractivity contribution in [1.82, 2.24) is 10.2 Å². The predicted octanol–water partition coefficient (Wildman–Crippen LogP) is 1.24. The van der Waals surface area contributed by atoms with E-state index in [1.807, 2.05) is 11.9 Å². The first kappa shape index (κ1) is 11.5. The molecule has 1 atom stereocenters. The molecule has 0 saturated heterocycles. The lowest BCUT2D eigenvalue weighted by Crippen LogP contribution is -2.38. The average Bonchev–Trinajstić information content (AvgIpc) is 2.97. The van der Waals surface area contributed by atoms with E-state index in [1.165, 1.54) is 12.8 Å². The Morgan fingerprint density at radius 1 is 1.57 bits per heavy atom. The molecule has 1 fully saturated rings. The van der Waals surface area contributed by atoms with Gasteiger partial charge in [0.2, 0.25) is 5.91 Å². The molecule has 0 aliphatic heterocycles. The topological polar surface area (TPSA) is 32.3 Å². The summed E-state index contributed by atoms with van der Waals surface area (Å²) in [7, 11) is 1.89. The molecule has 1 saturated carbocycles. The van der Waals surface area contributed by atoms with Crippen molar-refractivity contribution in [3.05, 3.63) is 0 Å². The largest absolute Gasteiger partial charge is 0.344 e. The van der Waals surface area contributed by atoms with Gasteiger partial charge in [-0.25, -0.2) is 0 Å². The van der Waals surface area contributed by atoms with Crippen LogP contribution >= 0.6 is 0 Å². The summed E-state index contributed by atoms with van der Waals surface area (Å²) in [6.45, 7) is 5.73. The van der Waals surface area contributed by atoms with Crippen LogP contribution in [0.5, 0.6) is 0 Å². The van der Waals surface area contributed by atoms with Crippen molar-refractivity contribution in [3.8, 4) is 0 Å². The SMILES string of the molecule is CCC(C)CN(C)C(=O)CNC1CC1. The van der Waals surface area contributed by atoms with Crippen molar-refractivity contribution < 1.29 is 4.79 Å². The van der Waals surface area contributed by atoms with E-state index in [9.17, 15) is 4.79 Å². The summed E-state index contributed by atoms with van der Waals surface area (Å²) in [6, 6.07) is 0.621. The number of carbonyl (C=O) groups excluding carboxylic acids is 1. The van der Waals surface area contributed by atoms with Crippen LogP contribution in [0.15, 0.2) is 0 Å². The Hall–Kier alpha value is -0.570. The third-order valence-electron chi connectivity index (χ3n) is 2.83. The highest BCUT2D eigenvalue weighted by Gasteiger charge is 2.22. The van der Waals surface area contributed by atoms with Gasteiger partial charge in [-0.1, -0.05) is 20.3 Å². The molecule has 1 aliphatic rings. The van der Waals surface area contributed by atoms with E-state index < -0.39 is 0 Å². The Bertz CT molecular complexity index is 190. The number of nitrogens with one attached hydrogen (secondary N) is 1. The van der Waals surface area contributed by atoms with Gasteiger partial charge in [-0.05, 0) is 18.8 Å². The quantitative estimate of drug-likeness (QED) is 0.696. The summed E-state index contributed by atoms with van der Waals surface area (Å²) in [5.41, 5.74) is 0. The molecule has 0 radical (unpaired) electrons. The number of hydrogen-bond donors (Lipinski definition) is 1. The second-order valence-electron chi connectivity index (χ2n) is 4.44. The van der Waals surface area contributed by atoms with E-state index >= 15 is 0 Å². The summed E-state index contributed by atoms with van der Waals surface area (Å²) >= 11 is 0. The monoisotopic (exact) mass is 198 g/mol. The molecular weight excluding hydrogens is 176 g/mol. The van der Waals surface area contributed by atoms with Crippen LogP contribution in [0.25, 0.3) is 0 Å². The molecule has 3 nitrogen and oxygen atoms in total. The molecule has 0 aromatic heterocycles. The first-order valence-electron chi connectivity index (χ1n) is 5.60. The van der Waals surface area contributed by atoms with E-state index in [2.05, 4.69) is 19.2 Å². The maximum Gasteiger partial charge on any atom is 0.236 e. The Morgan fingerprint density at radius 2 is 2.21 bits per heavy atom. The maximum atomic E-state index is 11.6. The normalized spacial score (nSPS) is 17.9. The van der Waals surface area contributed by atoms with Gasteiger partial charge in [-0.15, -0.1) is 0 Å². The minimum absolute atomic E-state index is 0.220. The van der Waals surface area contributed by atoms with Crippen LogP contribution in [-0.4, -0.2) is 37.0 Å². The summed E-state index contributed by atoms with van der Waals surface area (Å²) in [5, 5.41) is 3.24. The lowest BCUT2D eigenvalue weighted by Gasteiger charge is -2.20. The number of nitrogens with zero attached hydrogens (tertiary/aromatic N) is 1. The second-order valence-corrected chi connectivity index (χ2v) is 4.44. The van der Waals surface area contributed by atoms with Crippen LogP contribution in [-0.2, 0) is 4.79 Å². The lowest BCUT2D eigenvalue weighted by atomic mass is 10.1. The van der Waals surface area contributed by atoms with Crippen molar-refractivity contribution in [2.24, 2.45) is 5.92 Å². The minimum Gasteiger partial charge on any atom is -0.344 e. The number of likely N-dealkylation sites (N-methyl/N-ethyl adjacent to an activating group) is 1. The highest BCUT2D eigenvalue weighted by atomic mass is 16.2. The van der Waals surface area contributed by atoms with Crippen LogP contribution in [0.3, 0.4) is 0 Å². The number of amides is 1. The highest BCUT2D eigenvalue weighted by molar-refractivity contribution is 5.78. The molecule has 0 aromatic carbocycles. The molecule has 1 amide bonds. The van der Waals surface area contributed by atoms with Gasteiger partial charge >= 0.3 is 0 Å². The van der Waals surface area contributed by atoms with Crippen molar-refractivity contribution in [2.75, 3.05) is 20.1 Å². The van der Waals surface area contributed by atoms with Gasteiger partial charge in [0.1, 0.15) is 0 Å². The van der Waals surface area contributed by atoms with Crippen LogP contribution in [0.2, 0.25) is 0 Å². The smallest absolute Gasteiger partial charge is 0.236 e. The third-order valence-corrected chi connectivity index (χ3v) is 2.83. The van der Waals surface area contributed by atoms with Gasteiger partial charge < -0.3 is 10.2 Å². The summed E-state index contributed by atoms with van der Waals surface area (Å²) in [4.78, 5) is 13.4. The molecule has 0 heterocycles. The first-order valence-corrected chi connectivity index (χ1v) is 5.60. The number of hydrogen-bond acceptors (Lipinski definition) is 2. The van der Waals surface area contributed by atoms with Gasteiger partial charge in [0, 0.05) is 19.6 Å². The highest BCUT2D eigenvalue weighted by Crippen LogP contribution is 2.18. The summed E-state index contributed by atoms with van der Waals surface area (Å²) in [5.74, 6) is 0.821. The molecule has 1 aliphatic carbocycles. The van der Waals surface area contributed by atoms with Gasteiger partial charge in [0.25, 0.3) is 0 Å². The fourth-order valence-electron chi connectivity index (χ4n) is 1.35. The average molecular weight is 198 g/mol.